The third-order valence-corrected chi connectivity index (χ3v) is 4.64. The number of likely N-dealkylation sites (tertiary alicyclic amines) is 1. The quantitative estimate of drug-likeness (QED) is 0.946. The summed E-state index contributed by atoms with van der Waals surface area (Å²) in [6.07, 6.45) is 3.95. The molecule has 1 aliphatic heterocycles. The molecule has 0 spiro atoms. The third kappa shape index (κ3) is 3.29. The van der Waals surface area contributed by atoms with Crippen LogP contribution >= 0.6 is 0 Å². The van der Waals surface area contributed by atoms with E-state index in [0.29, 0.717) is 11.5 Å². The lowest BCUT2D eigenvalue weighted by Gasteiger charge is -2.34. The van der Waals surface area contributed by atoms with Crippen LogP contribution in [0.3, 0.4) is 0 Å². The van der Waals surface area contributed by atoms with Gasteiger partial charge in [-0.2, -0.15) is 5.10 Å². The Morgan fingerprint density at radius 3 is 2.78 bits per heavy atom. The average molecular weight is 312 g/mol. The van der Waals surface area contributed by atoms with E-state index in [0.717, 1.165) is 37.3 Å². The maximum atomic E-state index is 12.9. The third-order valence-electron chi connectivity index (χ3n) is 4.64. The van der Waals surface area contributed by atoms with Crippen molar-refractivity contribution < 1.29 is 4.79 Å². The Kier molecular flexibility index (Phi) is 4.48. The molecule has 2 N–H and O–H groups in total. The number of hydrogen-bond acceptors (Lipinski definition) is 3. The summed E-state index contributed by atoms with van der Waals surface area (Å²) in [6, 6.07) is 9.98. The van der Waals surface area contributed by atoms with Crippen LogP contribution in [0.5, 0.6) is 0 Å². The van der Waals surface area contributed by atoms with Crippen LogP contribution in [0.1, 0.15) is 35.8 Å². The van der Waals surface area contributed by atoms with E-state index in [2.05, 4.69) is 5.10 Å². The Bertz CT molecular complexity index is 678. The summed E-state index contributed by atoms with van der Waals surface area (Å²) in [5.41, 5.74) is 8.43. The van der Waals surface area contributed by atoms with Crippen molar-refractivity contribution in [2.45, 2.75) is 32.7 Å². The molecule has 2 heterocycles. The molecule has 0 aliphatic carbocycles. The number of piperidine rings is 1. The van der Waals surface area contributed by atoms with Gasteiger partial charge in [0.2, 0.25) is 0 Å². The van der Waals surface area contributed by atoms with Crippen molar-refractivity contribution in [3.8, 4) is 5.69 Å². The zero-order chi connectivity index (χ0) is 16.4. The average Bonchev–Trinajstić information content (AvgIpc) is 2.97. The minimum Gasteiger partial charge on any atom is -0.338 e. The second-order valence-corrected chi connectivity index (χ2v) is 6.42. The number of aryl methyl sites for hydroxylation is 1. The standard InChI is InChI=1S/C18H24N4O/c1-13(19)15-7-6-10-21(11-15)18(23)17-12-22(20-14(17)2)16-8-4-3-5-9-16/h3-5,8-9,12-13,15H,6-7,10-11,19H2,1-2H3/t13-,15-/m0/s1. The number of rotatable bonds is 3. The van der Waals surface area contributed by atoms with Gasteiger partial charge in [0.15, 0.2) is 0 Å². The number of amides is 1. The van der Waals surface area contributed by atoms with Gasteiger partial charge in [0.25, 0.3) is 5.91 Å². The predicted molar refractivity (Wildman–Crippen MR) is 90.6 cm³/mol. The normalized spacial score (nSPS) is 19.6. The maximum absolute atomic E-state index is 12.9. The smallest absolute Gasteiger partial charge is 0.257 e. The first-order chi connectivity index (χ1) is 11.1. The molecule has 1 aromatic carbocycles. The highest BCUT2D eigenvalue weighted by Gasteiger charge is 2.28. The van der Waals surface area contributed by atoms with Crippen LogP contribution in [0.15, 0.2) is 36.5 Å². The molecule has 0 radical (unpaired) electrons. The van der Waals surface area contributed by atoms with E-state index in [1.54, 1.807) is 4.68 Å². The molecular formula is C18H24N4O. The Labute approximate surface area is 137 Å². The Hall–Kier alpha value is -2.14. The van der Waals surface area contributed by atoms with E-state index >= 15 is 0 Å². The number of aromatic nitrogens is 2. The summed E-state index contributed by atoms with van der Waals surface area (Å²) in [6.45, 7) is 5.46. The van der Waals surface area contributed by atoms with Crippen molar-refractivity contribution in [2.24, 2.45) is 11.7 Å². The zero-order valence-electron chi connectivity index (χ0n) is 13.8. The fourth-order valence-electron chi connectivity index (χ4n) is 3.18. The van der Waals surface area contributed by atoms with E-state index in [4.69, 9.17) is 5.73 Å². The van der Waals surface area contributed by atoms with Gasteiger partial charge in [-0.15, -0.1) is 0 Å². The van der Waals surface area contributed by atoms with Crippen LogP contribution in [0, 0.1) is 12.8 Å². The molecule has 23 heavy (non-hydrogen) atoms. The van der Waals surface area contributed by atoms with E-state index in [-0.39, 0.29) is 11.9 Å². The Morgan fingerprint density at radius 1 is 1.35 bits per heavy atom. The highest BCUT2D eigenvalue weighted by atomic mass is 16.2. The van der Waals surface area contributed by atoms with Crippen LogP contribution in [0.4, 0.5) is 0 Å². The molecule has 1 fully saturated rings. The fourth-order valence-corrected chi connectivity index (χ4v) is 3.18. The van der Waals surface area contributed by atoms with E-state index < -0.39 is 0 Å². The largest absolute Gasteiger partial charge is 0.338 e. The summed E-state index contributed by atoms with van der Waals surface area (Å²) in [4.78, 5) is 14.8. The van der Waals surface area contributed by atoms with E-state index in [9.17, 15) is 4.79 Å². The zero-order valence-corrected chi connectivity index (χ0v) is 13.8. The van der Waals surface area contributed by atoms with Crippen molar-refractivity contribution in [1.29, 1.82) is 0 Å². The summed E-state index contributed by atoms with van der Waals surface area (Å²) in [7, 11) is 0. The molecule has 0 bridgehead atoms. The lowest BCUT2D eigenvalue weighted by atomic mass is 9.92. The number of hydrogen-bond donors (Lipinski definition) is 1. The molecule has 5 nitrogen and oxygen atoms in total. The summed E-state index contributed by atoms with van der Waals surface area (Å²) < 4.78 is 1.77. The second kappa shape index (κ2) is 6.54. The van der Waals surface area contributed by atoms with Gasteiger partial charge in [0, 0.05) is 25.3 Å². The van der Waals surface area contributed by atoms with Gasteiger partial charge in [0.05, 0.1) is 16.9 Å². The van der Waals surface area contributed by atoms with Crippen LogP contribution in [0.25, 0.3) is 5.69 Å². The van der Waals surface area contributed by atoms with Gasteiger partial charge < -0.3 is 10.6 Å². The fraction of sp³-hybridized carbons (Fsp3) is 0.444. The summed E-state index contributed by atoms with van der Waals surface area (Å²) in [5.74, 6) is 0.451. The van der Waals surface area contributed by atoms with Crippen molar-refractivity contribution in [2.75, 3.05) is 13.1 Å². The SMILES string of the molecule is Cc1nn(-c2ccccc2)cc1C(=O)N1CCC[C@H]([C@H](C)N)C1. The highest BCUT2D eigenvalue weighted by molar-refractivity contribution is 5.95. The first kappa shape index (κ1) is 15.7. The number of para-hydroxylation sites is 1. The molecule has 2 aromatic rings. The van der Waals surface area contributed by atoms with Crippen molar-refractivity contribution >= 4 is 5.91 Å². The van der Waals surface area contributed by atoms with Gasteiger partial charge in [-0.1, -0.05) is 18.2 Å². The number of carbonyl (C=O) groups excluding carboxylic acids is 1. The molecule has 0 unspecified atom stereocenters. The van der Waals surface area contributed by atoms with Gasteiger partial charge >= 0.3 is 0 Å². The molecule has 0 saturated carbocycles. The monoisotopic (exact) mass is 312 g/mol. The van der Waals surface area contributed by atoms with E-state index in [1.165, 1.54) is 0 Å². The van der Waals surface area contributed by atoms with Crippen LogP contribution in [-0.4, -0.2) is 39.7 Å². The number of nitrogens with zero attached hydrogens (tertiary/aromatic N) is 3. The molecule has 5 heteroatoms. The lowest BCUT2D eigenvalue weighted by molar-refractivity contribution is 0.0660. The second-order valence-electron chi connectivity index (χ2n) is 6.42. The van der Waals surface area contributed by atoms with Gasteiger partial charge in [0.1, 0.15) is 0 Å². The van der Waals surface area contributed by atoms with E-state index in [1.807, 2.05) is 55.3 Å². The van der Waals surface area contributed by atoms with Gasteiger partial charge in [-0.3, -0.25) is 4.79 Å². The molecule has 122 valence electrons. The number of carbonyl (C=O) groups is 1. The molecule has 2 atom stereocenters. The molecule has 3 rings (SSSR count). The first-order valence-electron chi connectivity index (χ1n) is 8.23. The minimum absolute atomic E-state index is 0.0648. The van der Waals surface area contributed by atoms with Crippen LogP contribution in [0.2, 0.25) is 0 Å². The maximum Gasteiger partial charge on any atom is 0.257 e. The molecule has 1 aliphatic rings. The molecular weight excluding hydrogens is 288 g/mol. The van der Waals surface area contributed by atoms with Crippen LogP contribution in [-0.2, 0) is 0 Å². The minimum atomic E-state index is 0.0648. The number of nitrogens with two attached hydrogens (primary N) is 1. The topological polar surface area (TPSA) is 64.2 Å². The lowest BCUT2D eigenvalue weighted by Crippen LogP contribution is -2.45. The van der Waals surface area contributed by atoms with Gasteiger partial charge in [-0.25, -0.2) is 4.68 Å². The van der Waals surface area contributed by atoms with Gasteiger partial charge in [-0.05, 0) is 44.7 Å². The highest BCUT2D eigenvalue weighted by Crippen LogP contribution is 2.22. The first-order valence-corrected chi connectivity index (χ1v) is 8.23. The summed E-state index contributed by atoms with van der Waals surface area (Å²) >= 11 is 0. The Balaban J connectivity index is 1.81. The molecule has 1 aromatic heterocycles. The molecule has 1 amide bonds. The predicted octanol–water partition coefficient (Wildman–Crippen LogP) is 2.38. The summed E-state index contributed by atoms with van der Waals surface area (Å²) in [5, 5.41) is 4.50. The Morgan fingerprint density at radius 2 is 2.09 bits per heavy atom. The van der Waals surface area contributed by atoms with Crippen molar-refractivity contribution in [1.82, 2.24) is 14.7 Å². The van der Waals surface area contributed by atoms with Crippen molar-refractivity contribution in [3.05, 3.63) is 47.8 Å². The number of benzene rings is 1. The van der Waals surface area contributed by atoms with Crippen LogP contribution < -0.4 is 5.73 Å². The molecule has 1 saturated heterocycles. The van der Waals surface area contributed by atoms with Crippen molar-refractivity contribution in [3.63, 3.8) is 0 Å².